The third-order valence-electron chi connectivity index (χ3n) is 2.52. The molecule has 2 N–H and O–H groups in total. The Morgan fingerprint density at radius 2 is 2.19 bits per heavy atom. The summed E-state index contributed by atoms with van der Waals surface area (Å²) in [5.74, 6) is 2.86. The lowest BCUT2D eigenvalue weighted by Gasteiger charge is -2.04. The quantitative estimate of drug-likeness (QED) is 0.836. The van der Waals surface area contributed by atoms with Crippen molar-refractivity contribution in [3.8, 4) is 0 Å². The first-order chi connectivity index (χ1) is 7.83. The molecule has 2 heterocycles. The molecule has 0 unspecified atom stereocenters. The molecule has 0 aliphatic rings. The van der Waals surface area contributed by atoms with E-state index in [1.54, 1.807) is 0 Å². The standard InChI is InChI=1S/C12H17N3O/c1-2-3-12-14-6-7-15(12)9-11-5-4-10(8-13)16-11/h4-7H,2-3,8-9,13H2,1H3. The van der Waals surface area contributed by atoms with Gasteiger partial charge in [-0.25, -0.2) is 4.98 Å². The van der Waals surface area contributed by atoms with Crippen LogP contribution >= 0.6 is 0 Å². The van der Waals surface area contributed by atoms with Gasteiger partial charge in [0.05, 0.1) is 13.1 Å². The first-order valence-electron chi connectivity index (χ1n) is 5.61. The maximum Gasteiger partial charge on any atom is 0.123 e. The molecule has 0 bridgehead atoms. The topological polar surface area (TPSA) is 57.0 Å². The Morgan fingerprint density at radius 3 is 2.88 bits per heavy atom. The summed E-state index contributed by atoms with van der Waals surface area (Å²) in [5, 5.41) is 0. The van der Waals surface area contributed by atoms with E-state index in [0.717, 1.165) is 36.7 Å². The van der Waals surface area contributed by atoms with Gasteiger partial charge in [-0.3, -0.25) is 0 Å². The number of rotatable bonds is 5. The van der Waals surface area contributed by atoms with Crippen molar-refractivity contribution in [2.75, 3.05) is 0 Å². The fourth-order valence-electron chi connectivity index (χ4n) is 1.72. The average molecular weight is 219 g/mol. The predicted octanol–water partition coefficient (Wildman–Crippen LogP) is 1.94. The summed E-state index contributed by atoms with van der Waals surface area (Å²) in [6.45, 7) is 3.33. The van der Waals surface area contributed by atoms with E-state index in [1.807, 2.05) is 24.5 Å². The lowest BCUT2D eigenvalue weighted by molar-refractivity contribution is 0.451. The average Bonchev–Trinajstić information content (AvgIpc) is 2.90. The number of nitrogens with zero attached hydrogens (tertiary/aromatic N) is 2. The van der Waals surface area contributed by atoms with Crippen molar-refractivity contribution in [2.45, 2.75) is 32.9 Å². The van der Waals surface area contributed by atoms with Gasteiger partial charge < -0.3 is 14.7 Å². The van der Waals surface area contributed by atoms with Gasteiger partial charge in [0.15, 0.2) is 0 Å². The van der Waals surface area contributed by atoms with Crippen LogP contribution in [0.5, 0.6) is 0 Å². The summed E-state index contributed by atoms with van der Waals surface area (Å²) in [5.41, 5.74) is 5.50. The number of furan rings is 1. The lowest BCUT2D eigenvalue weighted by atomic mass is 10.3. The molecule has 16 heavy (non-hydrogen) atoms. The predicted molar refractivity (Wildman–Crippen MR) is 61.9 cm³/mol. The molecule has 0 saturated carbocycles. The molecule has 0 aliphatic carbocycles. The molecule has 0 aromatic carbocycles. The van der Waals surface area contributed by atoms with Gasteiger partial charge in [-0.2, -0.15) is 0 Å². The van der Waals surface area contributed by atoms with Gasteiger partial charge >= 0.3 is 0 Å². The van der Waals surface area contributed by atoms with Crippen LogP contribution in [0.4, 0.5) is 0 Å². The third kappa shape index (κ3) is 2.33. The van der Waals surface area contributed by atoms with Gasteiger partial charge in [0.1, 0.15) is 17.3 Å². The molecular formula is C12H17N3O. The largest absolute Gasteiger partial charge is 0.463 e. The highest BCUT2D eigenvalue weighted by molar-refractivity contribution is 5.08. The van der Waals surface area contributed by atoms with Crippen molar-refractivity contribution >= 4 is 0 Å². The number of hydrogen-bond acceptors (Lipinski definition) is 3. The monoisotopic (exact) mass is 219 g/mol. The van der Waals surface area contributed by atoms with Gasteiger partial charge in [-0.15, -0.1) is 0 Å². The van der Waals surface area contributed by atoms with Gasteiger partial charge in [0.25, 0.3) is 0 Å². The Hall–Kier alpha value is -1.55. The number of aryl methyl sites for hydroxylation is 1. The molecule has 2 aromatic rings. The van der Waals surface area contributed by atoms with Gasteiger partial charge in [-0.1, -0.05) is 6.92 Å². The van der Waals surface area contributed by atoms with Crippen LogP contribution in [0.2, 0.25) is 0 Å². The Kier molecular flexibility index (Phi) is 3.41. The highest BCUT2D eigenvalue weighted by Gasteiger charge is 2.05. The zero-order valence-electron chi connectivity index (χ0n) is 9.52. The lowest BCUT2D eigenvalue weighted by Crippen LogP contribution is -2.03. The van der Waals surface area contributed by atoms with Crippen molar-refractivity contribution in [3.05, 3.63) is 41.9 Å². The zero-order chi connectivity index (χ0) is 11.4. The Labute approximate surface area is 95.1 Å². The third-order valence-corrected chi connectivity index (χ3v) is 2.52. The van der Waals surface area contributed by atoms with Crippen molar-refractivity contribution in [1.29, 1.82) is 0 Å². The SMILES string of the molecule is CCCc1nccn1Cc1ccc(CN)o1. The smallest absolute Gasteiger partial charge is 0.123 e. The Morgan fingerprint density at radius 1 is 1.38 bits per heavy atom. The van der Waals surface area contributed by atoms with E-state index in [4.69, 9.17) is 10.2 Å². The second-order valence-electron chi connectivity index (χ2n) is 3.79. The summed E-state index contributed by atoms with van der Waals surface area (Å²) < 4.78 is 7.68. The minimum absolute atomic E-state index is 0.450. The molecule has 2 rings (SSSR count). The van der Waals surface area contributed by atoms with E-state index in [-0.39, 0.29) is 0 Å². The second kappa shape index (κ2) is 4.99. The van der Waals surface area contributed by atoms with Crippen molar-refractivity contribution in [2.24, 2.45) is 5.73 Å². The molecule has 86 valence electrons. The molecular weight excluding hydrogens is 202 g/mol. The van der Waals surface area contributed by atoms with E-state index in [1.165, 1.54) is 0 Å². The van der Waals surface area contributed by atoms with Crippen LogP contribution in [-0.2, 0) is 19.5 Å². The molecule has 0 atom stereocenters. The first kappa shape index (κ1) is 11.0. The van der Waals surface area contributed by atoms with Crippen LogP contribution in [0.25, 0.3) is 0 Å². The van der Waals surface area contributed by atoms with Crippen molar-refractivity contribution < 1.29 is 4.42 Å². The molecule has 0 fully saturated rings. The van der Waals surface area contributed by atoms with Crippen LogP contribution in [0, 0.1) is 0 Å². The molecule has 4 nitrogen and oxygen atoms in total. The van der Waals surface area contributed by atoms with Crippen molar-refractivity contribution in [3.63, 3.8) is 0 Å². The molecule has 0 aliphatic heterocycles. The number of imidazole rings is 1. The Balaban J connectivity index is 2.10. The van der Waals surface area contributed by atoms with Crippen LogP contribution in [0.1, 0.15) is 30.7 Å². The van der Waals surface area contributed by atoms with Crippen molar-refractivity contribution in [1.82, 2.24) is 9.55 Å². The summed E-state index contributed by atoms with van der Waals surface area (Å²) in [6.07, 6.45) is 5.91. The fourth-order valence-corrected chi connectivity index (χ4v) is 1.72. The van der Waals surface area contributed by atoms with E-state index in [9.17, 15) is 0 Å². The summed E-state index contributed by atoms with van der Waals surface area (Å²) in [4.78, 5) is 4.33. The van der Waals surface area contributed by atoms with Crippen LogP contribution in [0.15, 0.2) is 28.9 Å². The van der Waals surface area contributed by atoms with Gasteiger partial charge in [-0.05, 0) is 18.6 Å². The van der Waals surface area contributed by atoms with Crippen LogP contribution in [-0.4, -0.2) is 9.55 Å². The van der Waals surface area contributed by atoms with Crippen LogP contribution in [0.3, 0.4) is 0 Å². The fraction of sp³-hybridized carbons (Fsp3) is 0.417. The maximum absolute atomic E-state index is 5.57. The number of nitrogens with two attached hydrogens (primary N) is 1. The first-order valence-corrected chi connectivity index (χ1v) is 5.61. The van der Waals surface area contributed by atoms with Gasteiger partial charge in [0.2, 0.25) is 0 Å². The van der Waals surface area contributed by atoms with E-state index < -0.39 is 0 Å². The van der Waals surface area contributed by atoms with Crippen LogP contribution < -0.4 is 5.73 Å². The molecule has 2 aromatic heterocycles. The molecule has 0 spiro atoms. The highest BCUT2D eigenvalue weighted by atomic mass is 16.3. The highest BCUT2D eigenvalue weighted by Crippen LogP contribution is 2.11. The Bertz CT molecular complexity index is 445. The number of hydrogen-bond donors (Lipinski definition) is 1. The van der Waals surface area contributed by atoms with E-state index in [2.05, 4.69) is 16.5 Å². The van der Waals surface area contributed by atoms with Gasteiger partial charge in [0, 0.05) is 18.8 Å². The number of aromatic nitrogens is 2. The minimum Gasteiger partial charge on any atom is -0.463 e. The zero-order valence-corrected chi connectivity index (χ0v) is 9.52. The summed E-state index contributed by atoms with van der Waals surface area (Å²) >= 11 is 0. The summed E-state index contributed by atoms with van der Waals surface area (Å²) in [7, 11) is 0. The van der Waals surface area contributed by atoms with E-state index in [0.29, 0.717) is 6.54 Å². The minimum atomic E-state index is 0.450. The molecule has 0 saturated heterocycles. The molecule has 4 heteroatoms. The summed E-state index contributed by atoms with van der Waals surface area (Å²) in [6, 6.07) is 3.89. The molecule has 0 amide bonds. The normalized spacial score (nSPS) is 10.9. The second-order valence-corrected chi connectivity index (χ2v) is 3.79. The van der Waals surface area contributed by atoms with E-state index >= 15 is 0 Å². The molecule has 0 radical (unpaired) electrons. The maximum atomic E-state index is 5.57.